The first-order valence-electron chi connectivity index (χ1n) is 5.88. The second-order valence-corrected chi connectivity index (χ2v) is 6.00. The summed E-state index contributed by atoms with van der Waals surface area (Å²) in [6.07, 6.45) is 0. The van der Waals surface area contributed by atoms with Crippen LogP contribution in [0.3, 0.4) is 0 Å². The lowest BCUT2D eigenvalue weighted by Crippen LogP contribution is -2.09. The van der Waals surface area contributed by atoms with Gasteiger partial charge in [-0.25, -0.2) is 4.98 Å². The van der Waals surface area contributed by atoms with Gasteiger partial charge in [0.1, 0.15) is 21.8 Å². The maximum absolute atomic E-state index is 12.1. The fourth-order valence-corrected chi connectivity index (χ4v) is 3.11. The van der Waals surface area contributed by atoms with Gasteiger partial charge in [-0.05, 0) is 50.1 Å². The van der Waals surface area contributed by atoms with E-state index in [9.17, 15) is 15.0 Å². The van der Waals surface area contributed by atoms with Gasteiger partial charge in [0.15, 0.2) is 0 Å². The second kappa shape index (κ2) is 5.16. The molecule has 106 valence electrons. The molecule has 7 heteroatoms. The second-order valence-electron chi connectivity index (χ2n) is 4.35. The molecule has 0 unspecified atom stereocenters. The van der Waals surface area contributed by atoms with Crippen LogP contribution in [0.5, 0.6) is 11.5 Å². The number of hydrogen-bond donors (Lipinski definition) is 3. The SMILES string of the molecule is O=c1[nH]c(-c2cc(Br)c(O)c(Br)c2O)nc2ccccc12. The molecule has 0 amide bonds. The molecule has 0 bridgehead atoms. The van der Waals surface area contributed by atoms with Gasteiger partial charge in [-0.2, -0.15) is 0 Å². The number of fused-ring (bicyclic) bond motifs is 1. The third kappa shape index (κ3) is 2.32. The van der Waals surface area contributed by atoms with Crippen LogP contribution in [0.15, 0.2) is 44.1 Å². The Bertz CT molecular complexity index is 922. The number of phenols is 2. The first-order valence-corrected chi connectivity index (χ1v) is 7.47. The Kier molecular flexibility index (Phi) is 3.46. The van der Waals surface area contributed by atoms with E-state index in [1.807, 2.05) is 0 Å². The van der Waals surface area contributed by atoms with Gasteiger partial charge in [0, 0.05) is 0 Å². The molecule has 0 atom stereocenters. The summed E-state index contributed by atoms with van der Waals surface area (Å²) in [5.74, 6) is -0.105. The van der Waals surface area contributed by atoms with E-state index in [4.69, 9.17) is 0 Å². The van der Waals surface area contributed by atoms with Gasteiger partial charge < -0.3 is 15.2 Å². The monoisotopic (exact) mass is 410 g/mol. The van der Waals surface area contributed by atoms with Crippen molar-refractivity contribution in [1.29, 1.82) is 0 Å². The van der Waals surface area contributed by atoms with Crippen molar-refractivity contribution in [2.24, 2.45) is 0 Å². The molecule has 1 heterocycles. The van der Waals surface area contributed by atoms with Crippen LogP contribution in [-0.2, 0) is 0 Å². The Morgan fingerprint density at radius 2 is 1.81 bits per heavy atom. The summed E-state index contributed by atoms with van der Waals surface area (Å²) in [5.41, 5.74) is 0.528. The third-order valence-electron chi connectivity index (χ3n) is 3.04. The number of nitrogens with one attached hydrogen (secondary N) is 1. The zero-order valence-corrected chi connectivity index (χ0v) is 13.6. The zero-order valence-electron chi connectivity index (χ0n) is 10.4. The van der Waals surface area contributed by atoms with E-state index in [0.717, 1.165) is 0 Å². The summed E-state index contributed by atoms with van der Waals surface area (Å²) in [6, 6.07) is 8.41. The van der Waals surface area contributed by atoms with E-state index in [2.05, 4.69) is 41.8 Å². The maximum atomic E-state index is 12.1. The molecular formula is C14H8Br2N2O3. The van der Waals surface area contributed by atoms with Gasteiger partial charge in [-0.15, -0.1) is 0 Å². The van der Waals surface area contributed by atoms with Crippen molar-refractivity contribution in [2.45, 2.75) is 0 Å². The minimum Gasteiger partial charge on any atom is -0.506 e. The summed E-state index contributed by atoms with van der Waals surface area (Å²) in [6.45, 7) is 0. The lowest BCUT2D eigenvalue weighted by atomic mass is 10.1. The number of nitrogens with zero attached hydrogens (tertiary/aromatic N) is 1. The molecule has 3 N–H and O–H groups in total. The highest BCUT2D eigenvalue weighted by Crippen LogP contribution is 2.44. The molecule has 1 aromatic heterocycles. The average Bonchev–Trinajstić information content (AvgIpc) is 2.49. The van der Waals surface area contributed by atoms with Crippen molar-refractivity contribution < 1.29 is 10.2 Å². The fraction of sp³-hybridized carbons (Fsp3) is 0. The van der Waals surface area contributed by atoms with Crippen molar-refractivity contribution in [3.05, 3.63) is 49.6 Å². The first-order chi connectivity index (χ1) is 9.99. The summed E-state index contributed by atoms with van der Waals surface area (Å²) in [7, 11) is 0. The van der Waals surface area contributed by atoms with Crippen LogP contribution < -0.4 is 5.56 Å². The number of phenolic OH excluding ortho intramolecular Hbond substituents is 2. The maximum Gasteiger partial charge on any atom is 0.259 e. The van der Waals surface area contributed by atoms with E-state index >= 15 is 0 Å². The van der Waals surface area contributed by atoms with Crippen molar-refractivity contribution >= 4 is 42.8 Å². The standard InChI is InChI=1S/C14H8Br2N2O3/c15-8-5-7(11(19)10(16)12(8)20)13-17-9-4-2-1-3-6(9)14(21)18-13/h1-5,19-20H,(H,17,18,21). The van der Waals surface area contributed by atoms with Gasteiger partial charge in [-0.1, -0.05) is 12.1 Å². The van der Waals surface area contributed by atoms with E-state index in [1.54, 1.807) is 24.3 Å². The number of H-pyrrole nitrogens is 1. The largest absolute Gasteiger partial charge is 0.506 e. The van der Waals surface area contributed by atoms with Gasteiger partial charge in [0.25, 0.3) is 5.56 Å². The minimum absolute atomic E-state index is 0.126. The van der Waals surface area contributed by atoms with Crippen molar-refractivity contribution in [1.82, 2.24) is 9.97 Å². The molecule has 3 rings (SSSR count). The van der Waals surface area contributed by atoms with Gasteiger partial charge >= 0.3 is 0 Å². The number of aromatic amines is 1. The first kappa shape index (κ1) is 14.1. The Labute approximate surface area is 135 Å². The smallest absolute Gasteiger partial charge is 0.259 e. The van der Waals surface area contributed by atoms with E-state index < -0.39 is 0 Å². The molecule has 2 aromatic carbocycles. The molecule has 3 aromatic rings. The molecule has 0 aliphatic carbocycles. The van der Waals surface area contributed by atoms with Gasteiger partial charge in [-0.3, -0.25) is 4.79 Å². The van der Waals surface area contributed by atoms with Crippen molar-refractivity contribution in [2.75, 3.05) is 0 Å². The zero-order chi connectivity index (χ0) is 15.1. The number of para-hydroxylation sites is 1. The molecule has 0 spiro atoms. The molecule has 0 saturated heterocycles. The molecule has 0 aliphatic heterocycles. The number of aromatic hydroxyl groups is 2. The minimum atomic E-state index is -0.296. The molecule has 0 aliphatic rings. The highest BCUT2D eigenvalue weighted by atomic mass is 79.9. The average molecular weight is 412 g/mol. The molecular weight excluding hydrogens is 404 g/mol. The van der Waals surface area contributed by atoms with Crippen LogP contribution in [0.25, 0.3) is 22.3 Å². The third-order valence-corrected chi connectivity index (χ3v) is 4.39. The van der Waals surface area contributed by atoms with Crippen LogP contribution in [0.4, 0.5) is 0 Å². The van der Waals surface area contributed by atoms with Gasteiger partial charge in [0.05, 0.1) is 20.9 Å². The van der Waals surface area contributed by atoms with Crippen LogP contribution >= 0.6 is 31.9 Å². The predicted molar refractivity (Wildman–Crippen MR) is 86.5 cm³/mol. The number of rotatable bonds is 1. The van der Waals surface area contributed by atoms with E-state index in [1.165, 1.54) is 6.07 Å². The number of aromatic nitrogens is 2. The van der Waals surface area contributed by atoms with Crippen LogP contribution in [-0.4, -0.2) is 20.2 Å². The highest BCUT2D eigenvalue weighted by molar-refractivity contribution is 9.11. The van der Waals surface area contributed by atoms with E-state index in [-0.39, 0.29) is 27.4 Å². The Hall–Kier alpha value is -1.86. The number of benzene rings is 2. The number of halogens is 2. The summed E-state index contributed by atoms with van der Waals surface area (Å²) < 4.78 is 0.501. The Morgan fingerprint density at radius 3 is 2.57 bits per heavy atom. The molecule has 5 nitrogen and oxygen atoms in total. The van der Waals surface area contributed by atoms with Crippen molar-refractivity contribution in [3.63, 3.8) is 0 Å². The quantitative estimate of drug-likeness (QED) is 0.571. The van der Waals surface area contributed by atoms with E-state index in [0.29, 0.717) is 20.9 Å². The van der Waals surface area contributed by atoms with Crippen LogP contribution in [0.1, 0.15) is 0 Å². The lowest BCUT2D eigenvalue weighted by Gasteiger charge is -2.09. The fourth-order valence-electron chi connectivity index (χ4n) is 1.99. The molecule has 0 saturated carbocycles. The molecule has 0 radical (unpaired) electrons. The summed E-state index contributed by atoms with van der Waals surface area (Å²) >= 11 is 6.28. The Balaban J connectivity index is 2.34. The lowest BCUT2D eigenvalue weighted by molar-refractivity contribution is 0.443. The Morgan fingerprint density at radius 1 is 1.10 bits per heavy atom. The normalized spacial score (nSPS) is 11.0. The summed E-state index contributed by atoms with van der Waals surface area (Å²) in [4.78, 5) is 19.0. The molecule has 21 heavy (non-hydrogen) atoms. The predicted octanol–water partition coefficient (Wildman–Crippen LogP) is 3.53. The number of hydrogen-bond acceptors (Lipinski definition) is 4. The summed E-state index contributed by atoms with van der Waals surface area (Å²) in [5, 5.41) is 20.3. The van der Waals surface area contributed by atoms with Crippen LogP contribution in [0.2, 0.25) is 0 Å². The topological polar surface area (TPSA) is 86.2 Å². The van der Waals surface area contributed by atoms with Crippen molar-refractivity contribution in [3.8, 4) is 22.9 Å². The van der Waals surface area contributed by atoms with Gasteiger partial charge in [0.2, 0.25) is 0 Å². The highest BCUT2D eigenvalue weighted by Gasteiger charge is 2.17. The molecule has 0 fully saturated rings. The van der Waals surface area contributed by atoms with Crippen LogP contribution in [0, 0.1) is 0 Å².